The first-order chi connectivity index (χ1) is 10.0. The van der Waals surface area contributed by atoms with Crippen molar-refractivity contribution in [2.24, 2.45) is 0 Å². The minimum atomic E-state index is -0.0155. The highest BCUT2D eigenvalue weighted by molar-refractivity contribution is 14.1. The van der Waals surface area contributed by atoms with Crippen molar-refractivity contribution < 1.29 is 4.79 Å². The summed E-state index contributed by atoms with van der Waals surface area (Å²) in [5, 5.41) is 3.14. The Hall–Kier alpha value is -1.36. The molecule has 110 valence electrons. The summed E-state index contributed by atoms with van der Waals surface area (Å²) in [4.78, 5) is 12.4. The third-order valence-electron chi connectivity index (χ3n) is 3.62. The molecule has 2 rings (SSSR count). The number of benzene rings is 2. The van der Waals surface area contributed by atoms with Crippen LogP contribution in [-0.2, 0) is 0 Å². The predicted octanol–water partition coefficient (Wildman–Crippen LogP) is 4.79. The lowest BCUT2D eigenvalue weighted by Gasteiger charge is -2.20. The summed E-state index contributed by atoms with van der Waals surface area (Å²) in [6.07, 6.45) is 0.875. The van der Waals surface area contributed by atoms with Gasteiger partial charge in [-0.3, -0.25) is 4.79 Å². The van der Waals surface area contributed by atoms with E-state index in [9.17, 15) is 4.79 Å². The summed E-state index contributed by atoms with van der Waals surface area (Å²) in [5.74, 6) is -0.0155. The summed E-state index contributed by atoms with van der Waals surface area (Å²) in [5.41, 5.74) is 4.38. The second-order valence-corrected chi connectivity index (χ2v) is 6.55. The van der Waals surface area contributed by atoms with Crippen molar-refractivity contribution in [1.29, 1.82) is 0 Å². The minimum Gasteiger partial charge on any atom is -0.345 e. The van der Waals surface area contributed by atoms with Crippen molar-refractivity contribution in [3.05, 3.63) is 68.3 Å². The SMILES string of the molecule is CC[C@@H](NC(=O)c1ccc(I)cc1)c1ccc(C)cc1C. The average Bonchev–Trinajstić information content (AvgIpc) is 2.46. The Morgan fingerprint density at radius 1 is 1.14 bits per heavy atom. The smallest absolute Gasteiger partial charge is 0.251 e. The molecule has 0 saturated carbocycles. The highest BCUT2D eigenvalue weighted by atomic mass is 127. The van der Waals surface area contributed by atoms with Gasteiger partial charge < -0.3 is 5.32 Å². The summed E-state index contributed by atoms with van der Waals surface area (Å²) < 4.78 is 1.13. The highest BCUT2D eigenvalue weighted by Crippen LogP contribution is 2.22. The molecule has 0 aliphatic heterocycles. The van der Waals surface area contributed by atoms with E-state index in [4.69, 9.17) is 0 Å². The van der Waals surface area contributed by atoms with E-state index in [-0.39, 0.29) is 11.9 Å². The standard InChI is InChI=1S/C18H20INO/c1-4-17(16-10-5-12(2)11-13(16)3)20-18(21)14-6-8-15(19)9-7-14/h5-11,17H,4H2,1-3H3,(H,20,21)/t17-/m1/s1. The van der Waals surface area contributed by atoms with Crippen LogP contribution in [0.5, 0.6) is 0 Å². The first-order valence-electron chi connectivity index (χ1n) is 7.15. The maximum atomic E-state index is 12.4. The maximum absolute atomic E-state index is 12.4. The molecule has 0 aliphatic carbocycles. The van der Waals surface area contributed by atoms with Crippen molar-refractivity contribution >= 4 is 28.5 Å². The van der Waals surface area contributed by atoms with Crippen LogP contribution in [0.3, 0.4) is 0 Å². The number of rotatable bonds is 4. The quantitative estimate of drug-likeness (QED) is 0.744. The van der Waals surface area contributed by atoms with Gasteiger partial charge in [0, 0.05) is 9.13 Å². The molecule has 2 aromatic rings. The summed E-state index contributed by atoms with van der Waals surface area (Å²) in [7, 11) is 0. The van der Waals surface area contributed by atoms with Gasteiger partial charge in [-0.2, -0.15) is 0 Å². The monoisotopic (exact) mass is 393 g/mol. The van der Waals surface area contributed by atoms with E-state index in [0.29, 0.717) is 5.56 Å². The van der Waals surface area contributed by atoms with Crippen molar-refractivity contribution in [1.82, 2.24) is 5.32 Å². The van der Waals surface area contributed by atoms with Gasteiger partial charge in [0.1, 0.15) is 0 Å². The van der Waals surface area contributed by atoms with Crippen LogP contribution in [0.25, 0.3) is 0 Å². The molecule has 0 heterocycles. The normalized spacial score (nSPS) is 12.0. The van der Waals surface area contributed by atoms with Crippen LogP contribution in [0.2, 0.25) is 0 Å². The van der Waals surface area contributed by atoms with E-state index in [0.717, 1.165) is 9.99 Å². The predicted molar refractivity (Wildman–Crippen MR) is 95.6 cm³/mol. The van der Waals surface area contributed by atoms with E-state index in [1.165, 1.54) is 16.7 Å². The van der Waals surface area contributed by atoms with Gasteiger partial charge in [-0.15, -0.1) is 0 Å². The third-order valence-corrected chi connectivity index (χ3v) is 4.34. The molecule has 0 aromatic heterocycles. The Kier molecular flexibility index (Phi) is 5.39. The lowest BCUT2D eigenvalue weighted by atomic mass is 9.97. The fourth-order valence-corrected chi connectivity index (χ4v) is 2.82. The van der Waals surface area contributed by atoms with Gasteiger partial charge in [0.15, 0.2) is 0 Å². The number of aryl methyl sites for hydroxylation is 2. The molecule has 0 aliphatic rings. The molecule has 1 amide bonds. The van der Waals surface area contributed by atoms with E-state index in [2.05, 4.69) is 66.9 Å². The number of carbonyl (C=O) groups is 1. The molecule has 3 heteroatoms. The zero-order valence-electron chi connectivity index (χ0n) is 12.6. The van der Waals surface area contributed by atoms with Gasteiger partial charge in [-0.25, -0.2) is 0 Å². The second kappa shape index (κ2) is 7.07. The number of carbonyl (C=O) groups excluding carboxylic acids is 1. The first kappa shape index (κ1) is 16.0. The zero-order valence-corrected chi connectivity index (χ0v) is 14.8. The summed E-state index contributed by atoms with van der Waals surface area (Å²) >= 11 is 2.24. The fourth-order valence-electron chi connectivity index (χ4n) is 2.46. The van der Waals surface area contributed by atoms with Gasteiger partial charge >= 0.3 is 0 Å². The van der Waals surface area contributed by atoms with Crippen LogP contribution in [0.4, 0.5) is 0 Å². The molecule has 21 heavy (non-hydrogen) atoms. The van der Waals surface area contributed by atoms with Crippen LogP contribution in [-0.4, -0.2) is 5.91 Å². The molecule has 0 radical (unpaired) electrons. The molecule has 0 bridgehead atoms. The van der Waals surface area contributed by atoms with Crippen LogP contribution in [0, 0.1) is 17.4 Å². The Balaban J connectivity index is 2.18. The molecule has 0 spiro atoms. The lowest BCUT2D eigenvalue weighted by molar-refractivity contribution is 0.0935. The molecular formula is C18H20INO. The minimum absolute atomic E-state index is 0.0155. The Bertz CT molecular complexity index is 634. The molecule has 0 saturated heterocycles. The zero-order chi connectivity index (χ0) is 15.4. The van der Waals surface area contributed by atoms with E-state index < -0.39 is 0 Å². The first-order valence-corrected chi connectivity index (χ1v) is 8.22. The average molecular weight is 393 g/mol. The number of hydrogen-bond acceptors (Lipinski definition) is 1. The van der Waals surface area contributed by atoms with Gasteiger partial charge in [-0.05, 0) is 78.3 Å². The number of amides is 1. The largest absolute Gasteiger partial charge is 0.345 e. The lowest BCUT2D eigenvalue weighted by Crippen LogP contribution is -2.28. The van der Waals surface area contributed by atoms with Gasteiger partial charge in [0.05, 0.1) is 6.04 Å². The Labute approximate surface area is 140 Å². The van der Waals surface area contributed by atoms with Crippen LogP contribution in [0.1, 0.15) is 46.4 Å². The molecule has 1 atom stereocenters. The fraction of sp³-hybridized carbons (Fsp3) is 0.278. The molecular weight excluding hydrogens is 373 g/mol. The maximum Gasteiger partial charge on any atom is 0.251 e. The molecule has 2 aromatic carbocycles. The second-order valence-electron chi connectivity index (χ2n) is 5.30. The van der Waals surface area contributed by atoms with Crippen molar-refractivity contribution in [2.45, 2.75) is 33.2 Å². The van der Waals surface area contributed by atoms with Crippen LogP contribution >= 0.6 is 22.6 Å². The Morgan fingerprint density at radius 3 is 2.38 bits per heavy atom. The van der Waals surface area contributed by atoms with E-state index in [1.807, 2.05) is 24.3 Å². The van der Waals surface area contributed by atoms with E-state index in [1.54, 1.807) is 0 Å². The molecule has 2 nitrogen and oxygen atoms in total. The molecule has 0 fully saturated rings. The number of halogens is 1. The van der Waals surface area contributed by atoms with Crippen molar-refractivity contribution in [2.75, 3.05) is 0 Å². The van der Waals surface area contributed by atoms with E-state index >= 15 is 0 Å². The Morgan fingerprint density at radius 2 is 1.81 bits per heavy atom. The van der Waals surface area contributed by atoms with Crippen molar-refractivity contribution in [3.8, 4) is 0 Å². The molecule has 1 N–H and O–H groups in total. The number of nitrogens with one attached hydrogen (secondary N) is 1. The number of hydrogen-bond donors (Lipinski definition) is 1. The molecule has 0 unspecified atom stereocenters. The summed E-state index contributed by atoms with van der Waals surface area (Å²) in [6.45, 7) is 6.28. The van der Waals surface area contributed by atoms with Crippen LogP contribution < -0.4 is 5.32 Å². The summed E-state index contributed by atoms with van der Waals surface area (Å²) in [6, 6.07) is 14.1. The van der Waals surface area contributed by atoms with Gasteiger partial charge in [-0.1, -0.05) is 30.7 Å². The van der Waals surface area contributed by atoms with Crippen molar-refractivity contribution in [3.63, 3.8) is 0 Å². The van der Waals surface area contributed by atoms with Gasteiger partial charge in [0.2, 0.25) is 0 Å². The highest BCUT2D eigenvalue weighted by Gasteiger charge is 2.15. The topological polar surface area (TPSA) is 29.1 Å². The van der Waals surface area contributed by atoms with Gasteiger partial charge in [0.25, 0.3) is 5.91 Å². The van der Waals surface area contributed by atoms with Crippen LogP contribution in [0.15, 0.2) is 42.5 Å². The third kappa shape index (κ3) is 4.06.